The summed E-state index contributed by atoms with van der Waals surface area (Å²) in [5, 5.41) is 12.1. The summed E-state index contributed by atoms with van der Waals surface area (Å²) in [6.45, 7) is 1.72. The van der Waals surface area contributed by atoms with Crippen molar-refractivity contribution in [1.82, 2.24) is 15.0 Å². The third kappa shape index (κ3) is 2.72. The molecule has 6 nitrogen and oxygen atoms in total. The molecule has 7 heteroatoms. The van der Waals surface area contributed by atoms with E-state index in [1.165, 1.54) is 18.3 Å². The Labute approximate surface area is 108 Å². The lowest BCUT2D eigenvalue weighted by Crippen LogP contribution is -2.16. The van der Waals surface area contributed by atoms with Gasteiger partial charge in [-0.1, -0.05) is 11.6 Å². The summed E-state index contributed by atoms with van der Waals surface area (Å²) in [7, 11) is 0. The Hall–Kier alpha value is -2.21. The van der Waals surface area contributed by atoms with Crippen molar-refractivity contribution < 1.29 is 9.90 Å². The monoisotopic (exact) mass is 264 g/mol. The first-order valence-electron chi connectivity index (χ1n) is 5.03. The van der Waals surface area contributed by atoms with E-state index in [9.17, 15) is 9.90 Å². The van der Waals surface area contributed by atoms with Gasteiger partial charge in [0.15, 0.2) is 5.69 Å². The van der Waals surface area contributed by atoms with Gasteiger partial charge in [-0.05, 0) is 25.1 Å². The second-order valence-electron chi connectivity index (χ2n) is 3.48. The van der Waals surface area contributed by atoms with Gasteiger partial charge in [0.1, 0.15) is 10.9 Å². The number of nitrogens with one attached hydrogen (secondary N) is 1. The molecule has 2 heterocycles. The number of pyridine rings is 1. The zero-order chi connectivity index (χ0) is 13.1. The molecule has 2 aromatic rings. The highest BCUT2D eigenvalue weighted by atomic mass is 35.5. The molecule has 0 aliphatic heterocycles. The molecule has 0 aliphatic rings. The molecule has 0 bridgehead atoms. The summed E-state index contributed by atoms with van der Waals surface area (Å²) in [5.74, 6) is -0.751. The van der Waals surface area contributed by atoms with Crippen molar-refractivity contribution in [2.24, 2.45) is 0 Å². The normalized spacial score (nSPS) is 10.1. The summed E-state index contributed by atoms with van der Waals surface area (Å²) in [6.07, 6.45) is 1.40. The molecule has 0 radical (unpaired) electrons. The zero-order valence-corrected chi connectivity index (χ0v) is 10.1. The van der Waals surface area contributed by atoms with Crippen LogP contribution in [0.15, 0.2) is 24.4 Å². The van der Waals surface area contributed by atoms with Gasteiger partial charge in [0, 0.05) is 11.9 Å². The lowest BCUT2D eigenvalue weighted by atomic mass is 10.3. The van der Waals surface area contributed by atoms with E-state index in [1.807, 2.05) is 0 Å². The number of carbonyl (C=O) groups excluding carboxylic acids is 1. The fourth-order valence-corrected chi connectivity index (χ4v) is 1.56. The minimum atomic E-state index is -0.602. The van der Waals surface area contributed by atoms with Crippen LogP contribution in [-0.4, -0.2) is 26.0 Å². The molecule has 0 unspecified atom stereocenters. The largest absolute Gasteiger partial charge is 0.505 e. The lowest BCUT2D eigenvalue weighted by molar-refractivity contribution is 0.101. The standard InChI is InChI=1S/C11H9ClN4O2/c1-6-5-8(12)15-11(14-6)16-10(18)9-7(17)3-2-4-13-9/h2-5,17H,1H3,(H,14,15,16,18). The molecule has 2 rings (SSSR count). The third-order valence-corrected chi connectivity index (χ3v) is 2.24. The molecular weight excluding hydrogens is 256 g/mol. The SMILES string of the molecule is Cc1cc(Cl)nc(NC(=O)c2ncccc2O)n1. The van der Waals surface area contributed by atoms with Crippen LogP contribution in [0.5, 0.6) is 5.75 Å². The van der Waals surface area contributed by atoms with Gasteiger partial charge < -0.3 is 5.11 Å². The minimum Gasteiger partial charge on any atom is -0.505 e. The number of aryl methyl sites for hydroxylation is 1. The Balaban J connectivity index is 2.24. The van der Waals surface area contributed by atoms with Crippen LogP contribution in [0.25, 0.3) is 0 Å². The van der Waals surface area contributed by atoms with E-state index in [0.29, 0.717) is 5.69 Å². The molecule has 18 heavy (non-hydrogen) atoms. The van der Waals surface area contributed by atoms with Crippen molar-refractivity contribution in [1.29, 1.82) is 0 Å². The Morgan fingerprint density at radius 1 is 1.44 bits per heavy atom. The van der Waals surface area contributed by atoms with Crippen molar-refractivity contribution in [3.05, 3.63) is 40.9 Å². The summed E-state index contributed by atoms with van der Waals surface area (Å²) >= 11 is 5.74. The van der Waals surface area contributed by atoms with E-state index >= 15 is 0 Å². The maximum atomic E-state index is 11.8. The van der Waals surface area contributed by atoms with Crippen LogP contribution in [0, 0.1) is 6.92 Å². The van der Waals surface area contributed by atoms with E-state index in [4.69, 9.17) is 11.6 Å². The predicted octanol–water partition coefficient (Wildman–Crippen LogP) is 1.79. The number of nitrogens with zero attached hydrogens (tertiary/aromatic N) is 3. The maximum absolute atomic E-state index is 11.8. The highest BCUT2D eigenvalue weighted by Crippen LogP contribution is 2.15. The molecule has 0 fully saturated rings. The molecule has 0 aliphatic carbocycles. The number of halogens is 1. The zero-order valence-electron chi connectivity index (χ0n) is 9.38. The third-order valence-electron chi connectivity index (χ3n) is 2.05. The number of rotatable bonds is 2. The first kappa shape index (κ1) is 12.3. The smallest absolute Gasteiger partial charge is 0.280 e. The van der Waals surface area contributed by atoms with Gasteiger partial charge in [0.2, 0.25) is 5.95 Å². The fourth-order valence-electron chi connectivity index (χ4n) is 1.32. The van der Waals surface area contributed by atoms with E-state index < -0.39 is 5.91 Å². The van der Waals surface area contributed by atoms with Gasteiger partial charge in [-0.25, -0.2) is 15.0 Å². The van der Waals surface area contributed by atoms with Crippen LogP contribution in [0.2, 0.25) is 5.15 Å². The summed E-state index contributed by atoms with van der Waals surface area (Å²) in [4.78, 5) is 23.4. The van der Waals surface area contributed by atoms with Crippen molar-refractivity contribution in [2.75, 3.05) is 5.32 Å². The molecule has 0 aromatic carbocycles. The van der Waals surface area contributed by atoms with Crippen LogP contribution in [0.3, 0.4) is 0 Å². The first-order valence-corrected chi connectivity index (χ1v) is 5.40. The summed E-state index contributed by atoms with van der Waals surface area (Å²) in [6, 6.07) is 4.45. The number of aromatic nitrogens is 3. The molecular formula is C11H9ClN4O2. The number of aromatic hydroxyl groups is 1. The number of carbonyl (C=O) groups is 1. The second kappa shape index (κ2) is 4.97. The van der Waals surface area contributed by atoms with Gasteiger partial charge in [-0.3, -0.25) is 10.1 Å². The number of hydrogen-bond acceptors (Lipinski definition) is 5. The molecule has 2 aromatic heterocycles. The Bertz CT molecular complexity index is 583. The first-order chi connectivity index (χ1) is 8.56. The quantitative estimate of drug-likeness (QED) is 0.808. The number of anilines is 1. The van der Waals surface area contributed by atoms with Gasteiger partial charge in [0.05, 0.1) is 0 Å². The van der Waals surface area contributed by atoms with Crippen molar-refractivity contribution >= 4 is 23.5 Å². The molecule has 0 atom stereocenters. The second-order valence-corrected chi connectivity index (χ2v) is 3.87. The average Bonchev–Trinajstić information content (AvgIpc) is 2.27. The molecule has 1 amide bonds. The van der Waals surface area contributed by atoms with Crippen molar-refractivity contribution in [2.45, 2.75) is 6.92 Å². The molecule has 0 saturated carbocycles. The van der Waals surface area contributed by atoms with Crippen LogP contribution >= 0.6 is 11.6 Å². The average molecular weight is 265 g/mol. The lowest BCUT2D eigenvalue weighted by Gasteiger charge is -2.05. The van der Waals surface area contributed by atoms with E-state index in [2.05, 4.69) is 20.3 Å². The highest BCUT2D eigenvalue weighted by molar-refractivity contribution is 6.29. The molecule has 0 saturated heterocycles. The summed E-state index contributed by atoms with van der Waals surface area (Å²) in [5.41, 5.74) is 0.522. The van der Waals surface area contributed by atoms with Crippen LogP contribution < -0.4 is 5.32 Å². The highest BCUT2D eigenvalue weighted by Gasteiger charge is 2.13. The van der Waals surface area contributed by atoms with Gasteiger partial charge in [0.25, 0.3) is 5.91 Å². The number of hydrogen-bond donors (Lipinski definition) is 2. The van der Waals surface area contributed by atoms with Gasteiger partial charge >= 0.3 is 0 Å². The predicted molar refractivity (Wildman–Crippen MR) is 65.6 cm³/mol. The van der Waals surface area contributed by atoms with E-state index in [-0.39, 0.29) is 22.5 Å². The van der Waals surface area contributed by atoms with Crippen LogP contribution in [0.1, 0.15) is 16.2 Å². The number of amides is 1. The topological polar surface area (TPSA) is 88.0 Å². The fraction of sp³-hybridized carbons (Fsp3) is 0.0909. The van der Waals surface area contributed by atoms with E-state index in [1.54, 1.807) is 13.0 Å². The minimum absolute atomic E-state index is 0.0649. The Morgan fingerprint density at radius 3 is 2.89 bits per heavy atom. The van der Waals surface area contributed by atoms with Crippen LogP contribution in [-0.2, 0) is 0 Å². The van der Waals surface area contributed by atoms with Crippen molar-refractivity contribution in [3.8, 4) is 5.75 Å². The van der Waals surface area contributed by atoms with E-state index in [0.717, 1.165) is 0 Å². The van der Waals surface area contributed by atoms with Gasteiger partial charge in [-0.2, -0.15) is 0 Å². The Morgan fingerprint density at radius 2 is 2.22 bits per heavy atom. The molecule has 2 N–H and O–H groups in total. The van der Waals surface area contributed by atoms with Crippen LogP contribution in [0.4, 0.5) is 5.95 Å². The maximum Gasteiger partial charge on any atom is 0.280 e. The molecule has 92 valence electrons. The molecule has 0 spiro atoms. The van der Waals surface area contributed by atoms with Crippen molar-refractivity contribution in [3.63, 3.8) is 0 Å². The van der Waals surface area contributed by atoms with Gasteiger partial charge in [-0.15, -0.1) is 0 Å². The Kier molecular flexibility index (Phi) is 3.38. The summed E-state index contributed by atoms with van der Waals surface area (Å²) < 4.78 is 0.